The van der Waals surface area contributed by atoms with Crippen molar-refractivity contribution in [2.45, 2.75) is 78.1 Å². The smallest absolute Gasteiger partial charge is 0.0402 e. The van der Waals surface area contributed by atoms with Gasteiger partial charge in [0.25, 0.3) is 0 Å². The molecule has 2 aliphatic rings. The minimum absolute atomic E-state index is 0.250. The van der Waals surface area contributed by atoms with Crippen molar-refractivity contribution in [1.29, 1.82) is 0 Å². The highest BCUT2D eigenvalue weighted by atomic mass is 16.2. The standard InChI is InChI=1S/C20H30.C2H6O/c1-15-3-7-17(8-4-15)19-11-13-20(14-12-19)18-9-5-16(2)6-10-18;1-2-3/h3-4,7-8,16,18-20H,5-6,9-14H2,1-2H3;3H,2H2,1H3. The van der Waals surface area contributed by atoms with Gasteiger partial charge in [0.1, 0.15) is 0 Å². The van der Waals surface area contributed by atoms with Crippen molar-refractivity contribution in [2.75, 3.05) is 6.61 Å². The molecule has 2 saturated carbocycles. The summed E-state index contributed by atoms with van der Waals surface area (Å²) in [5.74, 6) is 3.94. The first-order valence-electron chi connectivity index (χ1n) is 9.81. The van der Waals surface area contributed by atoms with E-state index in [-0.39, 0.29) is 6.61 Å². The molecule has 1 nitrogen and oxygen atoms in total. The van der Waals surface area contributed by atoms with Gasteiger partial charge >= 0.3 is 0 Å². The van der Waals surface area contributed by atoms with Gasteiger partial charge in [-0.2, -0.15) is 0 Å². The first-order chi connectivity index (χ1) is 11.1. The van der Waals surface area contributed by atoms with Crippen LogP contribution in [-0.2, 0) is 0 Å². The molecule has 0 saturated heterocycles. The Balaban J connectivity index is 0.000000595. The van der Waals surface area contributed by atoms with E-state index in [1.807, 2.05) is 0 Å². The molecule has 1 aromatic rings. The van der Waals surface area contributed by atoms with E-state index in [4.69, 9.17) is 5.11 Å². The molecule has 0 aliphatic heterocycles. The van der Waals surface area contributed by atoms with Crippen molar-refractivity contribution < 1.29 is 5.11 Å². The predicted octanol–water partition coefficient (Wildman–Crippen LogP) is 6.09. The molecule has 130 valence electrons. The summed E-state index contributed by atoms with van der Waals surface area (Å²) in [4.78, 5) is 0. The SMILES string of the molecule is CCO.Cc1ccc(C2CCC(C3CCC(C)CC3)CC2)cc1. The van der Waals surface area contributed by atoms with Gasteiger partial charge in [0.05, 0.1) is 0 Å². The Kier molecular flexibility index (Phi) is 7.62. The van der Waals surface area contributed by atoms with Crippen LogP contribution in [0.3, 0.4) is 0 Å². The molecule has 1 heteroatoms. The summed E-state index contributed by atoms with van der Waals surface area (Å²) in [5.41, 5.74) is 2.98. The molecular weight excluding hydrogens is 280 g/mol. The quantitative estimate of drug-likeness (QED) is 0.699. The van der Waals surface area contributed by atoms with Gasteiger partial charge in [0.15, 0.2) is 0 Å². The van der Waals surface area contributed by atoms with Crippen LogP contribution in [0.25, 0.3) is 0 Å². The van der Waals surface area contributed by atoms with Gasteiger partial charge in [-0.3, -0.25) is 0 Å². The molecule has 0 atom stereocenters. The molecule has 0 amide bonds. The van der Waals surface area contributed by atoms with Crippen LogP contribution in [0.15, 0.2) is 24.3 Å². The summed E-state index contributed by atoms with van der Waals surface area (Å²) in [6.45, 7) is 6.55. The molecule has 0 aromatic heterocycles. The number of hydrogen-bond acceptors (Lipinski definition) is 1. The van der Waals surface area contributed by atoms with Crippen LogP contribution in [0.1, 0.15) is 82.3 Å². The fourth-order valence-electron chi connectivity index (χ4n) is 4.52. The van der Waals surface area contributed by atoms with E-state index in [2.05, 4.69) is 38.1 Å². The van der Waals surface area contributed by atoms with E-state index < -0.39 is 0 Å². The molecule has 1 aromatic carbocycles. The molecule has 0 heterocycles. The van der Waals surface area contributed by atoms with Crippen molar-refractivity contribution >= 4 is 0 Å². The molecule has 1 N–H and O–H groups in total. The Labute approximate surface area is 143 Å². The maximum absolute atomic E-state index is 7.57. The van der Waals surface area contributed by atoms with Crippen LogP contribution in [0, 0.1) is 24.7 Å². The average molecular weight is 317 g/mol. The normalized spacial score (nSPS) is 31.1. The maximum atomic E-state index is 7.57. The van der Waals surface area contributed by atoms with Crippen molar-refractivity contribution in [1.82, 2.24) is 0 Å². The highest BCUT2D eigenvalue weighted by Gasteiger charge is 2.30. The van der Waals surface area contributed by atoms with Gasteiger partial charge < -0.3 is 5.11 Å². The zero-order valence-corrected chi connectivity index (χ0v) is 15.4. The van der Waals surface area contributed by atoms with E-state index in [0.29, 0.717) is 0 Å². The number of aryl methyl sites for hydroxylation is 1. The van der Waals surface area contributed by atoms with Crippen LogP contribution in [-0.4, -0.2) is 11.7 Å². The van der Waals surface area contributed by atoms with Crippen LogP contribution in [0.5, 0.6) is 0 Å². The number of benzene rings is 1. The summed E-state index contributed by atoms with van der Waals surface area (Å²) in [5, 5.41) is 7.57. The average Bonchev–Trinajstić information content (AvgIpc) is 2.57. The molecule has 0 unspecified atom stereocenters. The third kappa shape index (κ3) is 5.64. The van der Waals surface area contributed by atoms with E-state index in [0.717, 1.165) is 23.7 Å². The minimum Gasteiger partial charge on any atom is -0.397 e. The van der Waals surface area contributed by atoms with Crippen molar-refractivity contribution in [3.63, 3.8) is 0 Å². The summed E-state index contributed by atoms with van der Waals surface area (Å²) in [7, 11) is 0. The lowest BCUT2D eigenvalue weighted by atomic mass is 9.68. The van der Waals surface area contributed by atoms with Crippen LogP contribution < -0.4 is 0 Å². The first kappa shape index (κ1) is 18.5. The number of rotatable bonds is 2. The number of aliphatic hydroxyl groups is 1. The summed E-state index contributed by atoms with van der Waals surface area (Å²) in [6, 6.07) is 9.29. The molecule has 2 fully saturated rings. The third-order valence-electron chi connectivity index (χ3n) is 6.05. The maximum Gasteiger partial charge on any atom is 0.0402 e. The number of hydrogen-bond donors (Lipinski definition) is 1. The highest BCUT2D eigenvalue weighted by molar-refractivity contribution is 5.24. The zero-order chi connectivity index (χ0) is 16.7. The van der Waals surface area contributed by atoms with E-state index in [1.165, 1.54) is 56.9 Å². The van der Waals surface area contributed by atoms with Gasteiger partial charge in [-0.05, 0) is 81.6 Å². The Hall–Kier alpha value is -0.820. The fraction of sp³-hybridized carbons (Fsp3) is 0.727. The van der Waals surface area contributed by atoms with Crippen molar-refractivity contribution in [2.24, 2.45) is 17.8 Å². The summed E-state index contributed by atoms with van der Waals surface area (Å²) < 4.78 is 0. The largest absolute Gasteiger partial charge is 0.397 e. The molecular formula is C22H36O. The second-order valence-corrected chi connectivity index (χ2v) is 7.86. The van der Waals surface area contributed by atoms with Crippen LogP contribution in [0.2, 0.25) is 0 Å². The Morgan fingerprint density at radius 1 is 0.826 bits per heavy atom. The van der Waals surface area contributed by atoms with Gasteiger partial charge in [-0.15, -0.1) is 0 Å². The topological polar surface area (TPSA) is 20.2 Å². The molecule has 2 aliphatic carbocycles. The minimum atomic E-state index is 0.250. The predicted molar refractivity (Wildman–Crippen MR) is 99.8 cm³/mol. The third-order valence-corrected chi connectivity index (χ3v) is 6.05. The molecule has 0 spiro atoms. The molecule has 0 bridgehead atoms. The van der Waals surface area contributed by atoms with Gasteiger partial charge in [0, 0.05) is 6.61 Å². The van der Waals surface area contributed by atoms with Gasteiger partial charge in [-0.1, -0.05) is 49.6 Å². The summed E-state index contributed by atoms with van der Waals surface area (Å²) in [6.07, 6.45) is 11.8. The van der Waals surface area contributed by atoms with E-state index in [9.17, 15) is 0 Å². The van der Waals surface area contributed by atoms with E-state index >= 15 is 0 Å². The molecule has 23 heavy (non-hydrogen) atoms. The first-order valence-corrected chi connectivity index (χ1v) is 9.81. The van der Waals surface area contributed by atoms with E-state index in [1.54, 1.807) is 12.5 Å². The molecule has 3 rings (SSSR count). The second-order valence-electron chi connectivity index (χ2n) is 7.86. The zero-order valence-electron chi connectivity index (χ0n) is 15.4. The van der Waals surface area contributed by atoms with Crippen molar-refractivity contribution in [3.8, 4) is 0 Å². The Morgan fingerprint density at radius 2 is 1.26 bits per heavy atom. The van der Waals surface area contributed by atoms with Gasteiger partial charge in [0.2, 0.25) is 0 Å². The van der Waals surface area contributed by atoms with Crippen molar-refractivity contribution in [3.05, 3.63) is 35.4 Å². The molecule has 0 radical (unpaired) electrons. The summed E-state index contributed by atoms with van der Waals surface area (Å²) >= 11 is 0. The Bertz CT molecular complexity index is 420. The lowest BCUT2D eigenvalue weighted by Crippen LogP contribution is -2.24. The highest BCUT2D eigenvalue weighted by Crippen LogP contribution is 2.43. The Morgan fingerprint density at radius 3 is 1.74 bits per heavy atom. The van der Waals surface area contributed by atoms with Crippen LogP contribution >= 0.6 is 0 Å². The van der Waals surface area contributed by atoms with Gasteiger partial charge in [-0.25, -0.2) is 0 Å². The van der Waals surface area contributed by atoms with Crippen LogP contribution in [0.4, 0.5) is 0 Å². The lowest BCUT2D eigenvalue weighted by molar-refractivity contribution is 0.165. The number of aliphatic hydroxyl groups excluding tert-OH is 1. The monoisotopic (exact) mass is 316 g/mol. The fourth-order valence-corrected chi connectivity index (χ4v) is 4.52. The lowest BCUT2D eigenvalue weighted by Gasteiger charge is -2.37. The second kappa shape index (κ2) is 9.47.